The lowest BCUT2D eigenvalue weighted by Crippen LogP contribution is -1.83. The van der Waals surface area contributed by atoms with Crippen molar-refractivity contribution >= 4 is 23.5 Å². The molecule has 0 fully saturated rings. The second-order valence-corrected chi connectivity index (χ2v) is 5.61. The summed E-state index contributed by atoms with van der Waals surface area (Å²) in [4.78, 5) is 0. The highest BCUT2D eigenvalue weighted by atomic mass is 32.2. The molecule has 0 radical (unpaired) electrons. The predicted octanol–water partition coefficient (Wildman–Crippen LogP) is 4.63. The average Bonchev–Trinajstić information content (AvgIpc) is 2.87. The average molecular weight is 254 g/mol. The van der Waals surface area contributed by atoms with Gasteiger partial charge in [0.25, 0.3) is 0 Å². The van der Waals surface area contributed by atoms with Crippen molar-refractivity contribution in [3.8, 4) is 5.75 Å². The van der Waals surface area contributed by atoms with Gasteiger partial charge in [0, 0.05) is 5.08 Å². The fourth-order valence-corrected chi connectivity index (χ4v) is 2.86. The lowest BCUT2D eigenvalue weighted by Gasteiger charge is -2.01. The van der Waals surface area contributed by atoms with Crippen LogP contribution in [-0.2, 0) is 6.42 Å². The van der Waals surface area contributed by atoms with Crippen LogP contribution in [0.3, 0.4) is 0 Å². The molecule has 16 heavy (non-hydrogen) atoms. The third-order valence-corrected chi connectivity index (χ3v) is 4.09. The zero-order valence-corrected chi connectivity index (χ0v) is 11.2. The summed E-state index contributed by atoms with van der Waals surface area (Å²) < 4.78 is 0. The van der Waals surface area contributed by atoms with Crippen LogP contribution < -0.4 is 0 Å². The molecule has 0 saturated heterocycles. The predicted molar refractivity (Wildman–Crippen MR) is 75.9 cm³/mol. The van der Waals surface area contributed by atoms with Crippen LogP contribution >= 0.6 is 23.5 Å². The van der Waals surface area contributed by atoms with Crippen molar-refractivity contribution in [2.24, 2.45) is 0 Å². The van der Waals surface area contributed by atoms with Gasteiger partial charge in [-0.25, -0.2) is 0 Å². The first-order valence-corrected chi connectivity index (χ1v) is 7.59. The van der Waals surface area contributed by atoms with E-state index in [1.54, 1.807) is 6.07 Å². The summed E-state index contributed by atoms with van der Waals surface area (Å²) in [6.07, 6.45) is 3.31. The van der Waals surface area contributed by atoms with E-state index in [-0.39, 0.29) is 0 Å². The molecule has 0 saturated carbocycles. The minimum Gasteiger partial charge on any atom is -0.508 e. The monoisotopic (exact) mass is 254 g/mol. The molecular weight excluding hydrogens is 236 g/mol. The number of aryl methyl sites for hydroxylation is 1. The van der Waals surface area contributed by atoms with E-state index in [9.17, 15) is 5.11 Å². The van der Waals surface area contributed by atoms with Gasteiger partial charge in [-0.05, 0) is 35.3 Å². The molecule has 0 atom stereocenters. The van der Waals surface area contributed by atoms with E-state index in [0.717, 1.165) is 18.4 Å². The zero-order chi connectivity index (χ0) is 11.6. The summed E-state index contributed by atoms with van der Waals surface area (Å²) >= 11 is 3.71. The van der Waals surface area contributed by atoms with Crippen molar-refractivity contribution in [1.82, 2.24) is 0 Å². The van der Waals surface area contributed by atoms with Crippen LogP contribution in [0, 0.1) is 0 Å². The summed E-state index contributed by atoms with van der Waals surface area (Å²) in [6.45, 7) is 2.15. The minimum absolute atomic E-state index is 0.431. The fraction of sp³-hybridized carbons (Fsp3) is 0.385. The highest BCUT2D eigenvalue weighted by molar-refractivity contribution is 8.21. The molecule has 0 aliphatic carbocycles. The Morgan fingerprint density at radius 3 is 2.38 bits per heavy atom. The fourth-order valence-electron chi connectivity index (χ4n) is 1.29. The molecule has 1 nitrogen and oxygen atoms in total. The number of para-hydroxylation sites is 1. The van der Waals surface area contributed by atoms with Gasteiger partial charge in [-0.1, -0.05) is 31.5 Å². The Labute approximate surface area is 106 Å². The van der Waals surface area contributed by atoms with E-state index in [1.807, 2.05) is 41.7 Å². The normalized spacial score (nSPS) is 13.3. The van der Waals surface area contributed by atoms with Crippen LogP contribution in [0.4, 0.5) is 0 Å². The van der Waals surface area contributed by atoms with Crippen molar-refractivity contribution < 1.29 is 5.11 Å². The zero-order valence-electron chi connectivity index (χ0n) is 9.56. The summed E-state index contributed by atoms with van der Waals surface area (Å²) in [5.41, 5.74) is 1.06. The number of rotatable bonds is 3. The SMILES string of the molecule is C1=CSCS1.CCCCc1ccccc1O. The van der Waals surface area contributed by atoms with Crippen molar-refractivity contribution in [2.75, 3.05) is 5.08 Å². The first-order valence-electron chi connectivity index (χ1n) is 5.49. The van der Waals surface area contributed by atoms with Crippen LogP contribution in [0.25, 0.3) is 0 Å². The van der Waals surface area contributed by atoms with Gasteiger partial charge in [-0.3, -0.25) is 0 Å². The second-order valence-electron chi connectivity index (χ2n) is 3.46. The van der Waals surface area contributed by atoms with Crippen molar-refractivity contribution in [3.05, 3.63) is 40.6 Å². The summed E-state index contributed by atoms with van der Waals surface area (Å²) in [5, 5.41) is 14.8. The van der Waals surface area contributed by atoms with Gasteiger partial charge >= 0.3 is 0 Å². The maximum Gasteiger partial charge on any atom is 0.118 e. The maximum absolute atomic E-state index is 9.34. The van der Waals surface area contributed by atoms with Crippen LogP contribution in [0.1, 0.15) is 25.3 Å². The summed E-state index contributed by atoms with van der Waals surface area (Å²) in [5.74, 6) is 0.431. The molecule has 1 aliphatic rings. The number of unbranched alkanes of at least 4 members (excludes halogenated alkanes) is 1. The highest BCUT2D eigenvalue weighted by Crippen LogP contribution is 2.22. The Morgan fingerprint density at radius 1 is 1.19 bits per heavy atom. The van der Waals surface area contributed by atoms with E-state index in [0.29, 0.717) is 5.75 Å². The van der Waals surface area contributed by atoms with Crippen LogP contribution in [0.5, 0.6) is 5.75 Å². The van der Waals surface area contributed by atoms with Gasteiger partial charge in [0.2, 0.25) is 0 Å². The van der Waals surface area contributed by atoms with Gasteiger partial charge in [-0.15, -0.1) is 23.5 Å². The van der Waals surface area contributed by atoms with Gasteiger partial charge in [0.05, 0.1) is 0 Å². The maximum atomic E-state index is 9.34. The Balaban J connectivity index is 0.000000212. The molecule has 0 bridgehead atoms. The minimum atomic E-state index is 0.431. The quantitative estimate of drug-likeness (QED) is 0.849. The third kappa shape index (κ3) is 5.52. The lowest BCUT2D eigenvalue weighted by atomic mass is 10.1. The standard InChI is InChI=1S/C10H14O.C3H4S2/c1-2-3-6-9-7-4-5-8-10(9)11;1-2-5-3-4-1/h4-5,7-8,11H,2-3,6H2,1H3;1-2H,3H2. The second kappa shape index (κ2) is 8.59. The smallest absolute Gasteiger partial charge is 0.118 e. The Morgan fingerprint density at radius 2 is 1.88 bits per heavy atom. The first kappa shape index (κ1) is 13.5. The van der Waals surface area contributed by atoms with Crippen molar-refractivity contribution in [3.63, 3.8) is 0 Å². The molecule has 88 valence electrons. The molecular formula is C13H18OS2. The van der Waals surface area contributed by atoms with Crippen LogP contribution in [0.2, 0.25) is 0 Å². The molecule has 1 aromatic carbocycles. The first-order chi connectivity index (χ1) is 7.84. The van der Waals surface area contributed by atoms with E-state index in [4.69, 9.17) is 0 Å². The van der Waals surface area contributed by atoms with Crippen LogP contribution in [0.15, 0.2) is 35.1 Å². The molecule has 0 spiro atoms. The number of phenols is 1. The molecule has 0 aromatic heterocycles. The van der Waals surface area contributed by atoms with Gasteiger partial charge in [0.1, 0.15) is 5.75 Å². The largest absolute Gasteiger partial charge is 0.508 e. The Kier molecular flexibility index (Phi) is 7.26. The van der Waals surface area contributed by atoms with Gasteiger partial charge in [-0.2, -0.15) is 0 Å². The molecule has 1 N–H and O–H groups in total. The topological polar surface area (TPSA) is 20.2 Å². The number of thioether (sulfide) groups is 2. The molecule has 1 aliphatic heterocycles. The molecule has 1 aromatic rings. The number of phenolic OH excluding ortho intramolecular Hbond substituents is 1. The van der Waals surface area contributed by atoms with Crippen LogP contribution in [-0.4, -0.2) is 10.2 Å². The summed E-state index contributed by atoms with van der Waals surface area (Å²) in [6, 6.07) is 7.53. The van der Waals surface area contributed by atoms with E-state index in [2.05, 4.69) is 17.7 Å². The van der Waals surface area contributed by atoms with E-state index in [1.165, 1.54) is 11.5 Å². The third-order valence-electron chi connectivity index (χ3n) is 2.18. The number of hydrogen-bond donors (Lipinski definition) is 1. The number of hydrogen-bond acceptors (Lipinski definition) is 3. The van der Waals surface area contributed by atoms with Crippen molar-refractivity contribution in [1.29, 1.82) is 0 Å². The van der Waals surface area contributed by atoms with Gasteiger partial charge in [0.15, 0.2) is 0 Å². The molecule has 1 heterocycles. The molecule has 3 heteroatoms. The Bertz CT molecular complexity index is 317. The lowest BCUT2D eigenvalue weighted by molar-refractivity contribution is 0.467. The summed E-state index contributed by atoms with van der Waals surface area (Å²) in [7, 11) is 0. The van der Waals surface area contributed by atoms with Crippen molar-refractivity contribution in [2.45, 2.75) is 26.2 Å². The number of aromatic hydroxyl groups is 1. The highest BCUT2D eigenvalue weighted by Gasteiger charge is 1.96. The molecule has 2 rings (SSSR count). The Hall–Kier alpha value is -0.540. The van der Waals surface area contributed by atoms with E-state index >= 15 is 0 Å². The van der Waals surface area contributed by atoms with Gasteiger partial charge < -0.3 is 5.11 Å². The molecule has 0 unspecified atom stereocenters. The number of benzene rings is 1. The van der Waals surface area contributed by atoms with E-state index < -0.39 is 0 Å². The molecule has 0 amide bonds.